The Hall–Kier alpha value is -3.13. The number of alkyl halides is 2. The van der Waals surface area contributed by atoms with Crippen molar-refractivity contribution in [2.45, 2.75) is 24.5 Å². The van der Waals surface area contributed by atoms with Gasteiger partial charge in [-0.3, -0.25) is 9.40 Å². The molecule has 2 heterocycles. The third kappa shape index (κ3) is 4.39. The van der Waals surface area contributed by atoms with Crippen molar-refractivity contribution in [3.63, 3.8) is 0 Å². The number of phenols is 1. The van der Waals surface area contributed by atoms with Crippen molar-refractivity contribution in [1.29, 1.82) is 0 Å². The number of phenolic OH excluding ortho intramolecular Hbond substituents is 1. The first-order valence-corrected chi connectivity index (χ1v) is 11.3. The lowest BCUT2D eigenvalue weighted by Crippen LogP contribution is -2.16. The maximum atomic E-state index is 14.6. The van der Waals surface area contributed by atoms with Crippen LogP contribution in [0.4, 0.5) is 23.2 Å². The highest BCUT2D eigenvalue weighted by Gasteiger charge is 2.28. The molecule has 174 valence electrons. The molecule has 4 bridgehead atoms. The number of hydrogen-bond donors (Lipinski definition) is 2. The van der Waals surface area contributed by atoms with Crippen molar-refractivity contribution in [2.24, 2.45) is 0 Å². The normalized spacial score (nSPS) is 15.0. The number of nitrogens with one attached hydrogen (secondary N) is 1. The molecular weight excluding hydrogens is 538 g/mol. The Balaban J connectivity index is 1.97. The Labute approximate surface area is 192 Å². The van der Waals surface area contributed by atoms with Crippen LogP contribution in [0.1, 0.15) is 16.1 Å². The van der Waals surface area contributed by atoms with Gasteiger partial charge in [0.15, 0.2) is 0 Å². The van der Waals surface area contributed by atoms with E-state index in [2.05, 4.69) is 21.0 Å². The van der Waals surface area contributed by atoms with Crippen molar-refractivity contribution in [3.05, 3.63) is 57.8 Å². The molecule has 0 atom stereocenters. The number of nitrogens with zero attached hydrogens (tertiary/aromatic N) is 2. The minimum atomic E-state index is -4.68. The summed E-state index contributed by atoms with van der Waals surface area (Å²) in [5.41, 5.74) is -1.60. The molecule has 1 aliphatic heterocycles. The van der Waals surface area contributed by atoms with Crippen LogP contribution in [0.2, 0.25) is 0 Å². The number of sulfonamides is 1. The largest absolute Gasteiger partial charge is 0.505 e. The minimum Gasteiger partial charge on any atom is -0.505 e. The molecule has 1 aromatic heterocycles. The molecule has 33 heavy (non-hydrogen) atoms. The Bertz CT molecular complexity index is 1390. The highest BCUT2D eigenvalue weighted by Crippen LogP contribution is 2.37. The Morgan fingerprint density at radius 2 is 1.91 bits per heavy atom. The quantitative estimate of drug-likeness (QED) is 0.369. The van der Waals surface area contributed by atoms with Crippen LogP contribution >= 0.6 is 15.9 Å². The van der Waals surface area contributed by atoms with Crippen LogP contribution in [0, 0.1) is 11.6 Å². The molecule has 0 unspecified atom stereocenters. The number of halogens is 5. The molecule has 2 aromatic carbocycles. The Morgan fingerprint density at radius 1 is 1.18 bits per heavy atom. The molecule has 2 N–H and O–H groups in total. The van der Waals surface area contributed by atoms with E-state index in [1.165, 1.54) is 0 Å². The lowest BCUT2D eigenvalue weighted by atomic mass is 10.0. The van der Waals surface area contributed by atoms with Gasteiger partial charge in [-0.15, -0.1) is 0 Å². The SMILES string of the molecule is O=C1OCc2nn(CC(F)F)cc2-c2cc(c(F)cc2F)NS(=O)(=O)c2cc1cc(Br)c2O. The number of aromatic nitrogens is 2. The molecule has 8 nitrogen and oxygen atoms in total. The van der Waals surface area contributed by atoms with Gasteiger partial charge < -0.3 is 9.84 Å². The van der Waals surface area contributed by atoms with Gasteiger partial charge in [0.25, 0.3) is 16.4 Å². The molecule has 0 fully saturated rings. The predicted octanol–water partition coefficient (Wildman–Crippen LogP) is 4.03. The van der Waals surface area contributed by atoms with Crippen molar-refractivity contribution >= 4 is 37.6 Å². The van der Waals surface area contributed by atoms with Gasteiger partial charge in [-0.2, -0.15) is 5.10 Å². The fourth-order valence-electron chi connectivity index (χ4n) is 3.17. The van der Waals surface area contributed by atoms with Crippen molar-refractivity contribution in [1.82, 2.24) is 9.78 Å². The highest BCUT2D eigenvalue weighted by atomic mass is 79.9. The second kappa shape index (κ2) is 8.33. The topological polar surface area (TPSA) is 111 Å². The van der Waals surface area contributed by atoms with Gasteiger partial charge in [-0.1, -0.05) is 0 Å². The maximum Gasteiger partial charge on any atom is 0.338 e. The van der Waals surface area contributed by atoms with E-state index in [-0.39, 0.29) is 26.9 Å². The Kier molecular flexibility index (Phi) is 5.82. The third-order valence-corrected chi connectivity index (χ3v) is 6.63. The molecule has 1 aliphatic rings. The summed E-state index contributed by atoms with van der Waals surface area (Å²) in [6, 6.07) is 3.11. The van der Waals surface area contributed by atoms with Crippen LogP contribution in [0.25, 0.3) is 11.1 Å². The first kappa shape index (κ1) is 23.0. The molecule has 4 rings (SSSR count). The van der Waals surface area contributed by atoms with Crippen LogP contribution in [-0.4, -0.2) is 35.7 Å². The third-order valence-electron chi connectivity index (χ3n) is 4.65. The molecule has 0 saturated carbocycles. The van der Waals surface area contributed by atoms with Crippen LogP contribution in [-0.2, 0) is 27.9 Å². The number of aromatic hydroxyl groups is 1. The number of cyclic esters (lactones) is 1. The van der Waals surface area contributed by atoms with Gasteiger partial charge in [0, 0.05) is 23.4 Å². The fourth-order valence-corrected chi connectivity index (χ4v) is 4.97. The molecular formula is C19H12BrF4N3O5S. The average molecular weight is 550 g/mol. The molecule has 0 saturated heterocycles. The van der Waals surface area contributed by atoms with E-state index < -0.39 is 63.5 Å². The Morgan fingerprint density at radius 3 is 2.61 bits per heavy atom. The zero-order valence-corrected chi connectivity index (χ0v) is 18.6. The van der Waals surface area contributed by atoms with Crippen LogP contribution in [0.15, 0.2) is 39.8 Å². The number of anilines is 1. The van der Waals surface area contributed by atoms with Gasteiger partial charge in [-0.25, -0.2) is 30.8 Å². The zero-order valence-electron chi connectivity index (χ0n) is 16.2. The lowest BCUT2D eigenvalue weighted by molar-refractivity contribution is 0.0465. The van der Waals surface area contributed by atoms with Gasteiger partial charge in [-0.05, 0) is 34.1 Å². The monoisotopic (exact) mass is 549 g/mol. The molecule has 0 radical (unpaired) electrons. The maximum absolute atomic E-state index is 14.6. The van der Waals surface area contributed by atoms with Gasteiger partial charge in [0.1, 0.15) is 41.1 Å². The summed E-state index contributed by atoms with van der Waals surface area (Å²) in [6.07, 6.45) is -1.75. The number of benzene rings is 2. The summed E-state index contributed by atoms with van der Waals surface area (Å²) in [6.45, 7) is -1.44. The van der Waals surface area contributed by atoms with E-state index in [4.69, 9.17) is 4.74 Å². The smallest absolute Gasteiger partial charge is 0.338 e. The van der Waals surface area contributed by atoms with Crippen molar-refractivity contribution in [3.8, 4) is 16.9 Å². The number of fused-ring (bicyclic) bond motifs is 6. The first-order valence-electron chi connectivity index (χ1n) is 9.02. The average Bonchev–Trinajstić information content (AvgIpc) is 3.10. The van der Waals surface area contributed by atoms with E-state index >= 15 is 0 Å². The summed E-state index contributed by atoms with van der Waals surface area (Å²) in [7, 11) is -4.68. The van der Waals surface area contributed by atoms with E-state index in [1.54, 1.807) is 0 Å². The number of rotatable bonds is 2. The highest BCUT2D eigenvalue weighted by molar-refractivity contribution is 9.10. The summed E-state index contributed by atoms with van der Waals surface area (Å²) in [5, 5.41) is 14.1. The predicted molar refractivity (Wildman–Crippen MR) is 109 cm³/mol. The van der Waals surface area contributed by atoms with Gasteiger partial charge in [0.2, 0.25) is 0 Å². The summed E-state index contributed by atoms with van der Waals surface area (Å²) in [5.74, 6) is -4.22. The molecule has 0 amide bonds. The van der Waals surface area contributed by atoms with Gasteiger partial charge >= 0.3 is 5.97 Å². The summed E-state index contributed by atoms with van der Waals surface area (Å²) < 4.78 is 88.1. The number of carbonyl (C=O) groups excluding carboxylic acids is 1. The number of esters is 1. The van der Waals surface area contributed by atoms with E-state index in [9.17, 15) is 35.9 Å². The summed E-state index contributed by atoms with van der Waals surface area (Å²) in [4.78, 5) is 11.8. The fraction of sp³-hybridized carbons (Fsp3) is 0.158. The molecule has 14 heteroatoms. The molecule has 0 aliphatic carbocycles. The number of carbonyl (C=O) groups is 1. The van der Waals surface area contributed by atoms with E-state index in [0.29, 0.717) is 6.07 Å². The van der Waals surface area contributed by atoms with E-state index in [0.717, 1.165) is 29.1 Å². The zero-order chi connectivity index (χ0) is 24.1. The lowest BCUT2D eigenvalue weighted by Gasteiger charge is -2.13. The van der Waals surface area contributed by atoms with E-state index in [1.807, 2.05) is 4.72 Å². The minimum absolute atomic E-state index is 0.114. The van der Waals surface area contributed by atoms with Crippen molar-refractivity contribution < 1.29 is 40.6 Å². The molecule has 3 aromatic rings. The van der Waals surface area contributed by atoms with Gasteiger partial charge in [0.05, 0.1) is 15.7 Å². The first-order chi connectivity index (χ1) is 15.5. The van der Waals surface area contributed by atoms with Crippen LogP contribution in [0.5, 0.6) is 5.75 Å². The second-order valence-corrected chi connectivity index (χ2v) is 9.41. The van der Waals surface area contributed by atoms with Crippen LogP contribution < -0.4 is 4.72 Å². The number of hydrogen-bond acceptors (Lipinski definition) is 6. The number of ether oxygens (including phenoxy) is 1. The van der Waals surface area contributed by atoms with Crippen molar-refractivity contribution in [2.75, 3.05) is 4.72 Å². The molecule has 0 spiro atoms. The second-order valence-electron chi connectivity index (χ2n) is 6.90. The standard InChI is InChI=1S/C19H12BrF4N3O5S/c20-11-1-8-2-16(18(11)28)33(30,31)26-14-3-9(12(21)4-13(14)22)10-5-27(6-17(23)24)25-15(10)7-32-19(8)29/h1-5,17,26,28H,6-7H2. The summed E-state index contributed by atoms with van der Waals surface area (Å²) >= 11 is 2.94. The van der Waals surface area contributed by atoms with Crippen LogP contribution in [0.3, 0.4) is 0 Å².